The van der Waals surface area contributed by atoms with Crippen LogP contribution < -0.4 is 10.1 Å². The number of aryl methyl sites for hydroxylation is 1. The highest BCUT2D eigenvalue weighted by atomic mass is 32.2. The first-order valence-corrected chi connectivity index (χ1v) is 11.4. The minimum atomic E-state index is -3.87. The van der Waals surface area contributed by atoms with Crippen LogP contribution in [0.3, 0.4) is 0 Å². The first kappa shape index (κ1) is 21.8. The van der Waals surface area contributed by atoms with E-state index < -0.39 is 15.9 Å². The molecule has 0 aliphatic carbocycles. The van der Waals surface area contributed by atoms with E-state index >= 15 is 0 Å². The van der Waals surface area contributed by atoms with Gasteiger partial charge in [-0.05, 0) is 56.5 Å². The Hall–Kier alpha value is -2.87. The summed E-state index contributed by atoms with van der Waals surface area (Å²) in [4.78, 5) is 24.5. The second-order valence-corrected chi connectivity index (χ2v) is 9.23. The van der Waals surface area contributed by atoms with Gasteiger partial charge in [-0.15, -0.1) is 0 Å². The SMILES string of the molecule is CC(C)Oc1cccc(CCCNC(=O)CCN2C(=O)c3ccccc3S2(=O)=O)c1. The maximum absolute atomic E-state index is 12.5. The smallest absolute Gasteiger partial charge is 0.269 e. The largest absolute Gasteiger partial charge is 0.491 e. The molecule has 1 aliphatic rings. The van der Waals surface area contributed by atoms with Crippen LogP contribution in [0.4, 0.5) is 0 Å². The second kappa shape index (κ2) is 9.30. The third kappa shape index (κ3) is 4.99. The average molecular weight is 431 g/mol. The van der Waals surface area contributed by atoms with Gasteiger partial charge in [0.1, 0.15) is 10.6 Å². The van der Waals surface area contributed by atoms with Crippen LogP contribution in [-0.2, 0) is 21.2 Å². The van der Waals surface area contributed by atoms with Crippen LogP contribution in [0, 0.1) is 0 Å². The molecule has 0 aromatic heterocycles. The Morgan fingerprint density at radius 2 is 1.90 bits per heavy atom. The summed E-state index contributed by atoms with van der Waals surface area (Å²) >= 11 is 0. The van der Waals surface area contributed by atoms with Gasteiger partial charge in [-0.3, -0.25) is 9.59 Å². The molecule has 2 aromatic rings. The molecule has 0 unspecified atom stereocenters. The minimum absolute atomic E-state index is 0.000847. The number of sulfonamides is 1. The highest BCUT2D eigenvalue weighted by molar-refractivity contribution is 7.90. The third-order valence-electron chi connectivity index (χ3n) is 4.69. The second-order valence-electron chi connectivity index (χ2n) is 7.40. The van der Waals surface area contributed by atoms with Crippen molar-refractivity contribution < 1.29 is 22.7 Å². The number of hydrogen-bond donors (Lipinski definition) is 1. The van der Waals surface area contributed by atoms with Crippen molar-refractivity contribution in [2.75, 3.05) is 13.1 Å². The first-order chi connectivity index (χ1) is 14.3. The van der Waals surface area contributed by atoms with Crippen molar-refractivity contribution >= 4 is 21.8 Å². The van der Waals surface area contributed by atoms with E-state index in [1.807, 2.05) is 38.1 Å². The van der Waals surface area contributed by atoms with Crippen molar-refractivity contribution in [3.63, 3.8) is 0 Å². The van der Waals surface area contributed by atoms with Crippen LogP contribution in [0.2, 0.25) is 0 Å². The number of carbonyl (C=O) groups is 2. The van der Waals surface area contributed by atoms with Gasteiger partial charge in [0, 0.05) is 19.5 Å². The lowest BCUT2D eigenvalue weighted by Crippen LogP contribution is -2.35. The Morgan fingerprint density at radius 1 is 1.13 bits per heavy atom. The number of hydrogen-bond acceptors (Lipinski definition) is 5. The molecule has 1 heterocycles. The monoisotopic (exact) mass is 430 g/mol. The number of fused-ring (bicyclic) bond motifs is 1. The highest BCUT2D eigenvalue weighted by Gasteiger charge is 2.40. The van der Waals surface area contributed by atoms with Gasteiger partial charge in [0.2, 0.25) is 5.91 Å². The van der Waals surface area contributed by atoms with Gasteiger partial charge in [0.05, 0.1) is 11.7 Å². The van der Waals surface area contributed by atoms with Crippen molar-refractivity contribution in [1.29, 1.82) is 0 Å². The summed E-state index contributed by atoms with van der Waals surface area (Å²) in [5, 5.41) is 2.78. The third-order valence-corrected chi connectivity index (χ3v) is 6.53. The molecule has 1 aliphatic heterocycles. The predicted molar refractivity (Wildman–Crippen MR) is 113 cm³/mol. The van der Waals surface area contributed by atoms with Crippen molar-refractivity contribution in [3.8, 4) is 5.75 Å². The molecular weight excluding hydrogens is 404 g/mol. The molecule has 160 valence electrons. The van der Waals surface area contributed by atoms with E-state index in [9.17, 15) is 18.0 Å². The summed E-state index contributed by atoms with van der Waals surface area (Å²) in [7, 11) is -3.87. The predicted octanol–water partition coefficient (Wildman–Crippen LogP) is 2.76. The van der Waals surface area contributed by atoms with Crippen LogP contribution in [0.15, 0.2) is 53.4 Å². The Balaban J connectivity index is 1.44. The maximum Gasteiger partial charge on any atom is 0.269 e. The van der Waals surface area contributed by atoms with E-state index in [4.69, 9.17) is 4.74 Å². The summed E-state index contributed by atoms with van der Waals surface area (Å²) < 4.78 is 31.4. The summed E-state index contributed by atoms with van der Waals surface area (Å²) in [6.07, 6.45) is 1.56. The Bertz CT molecular complexity index is 1030. The van der Waals surface area contributed by atoms with Crippen molar-refractivity contribution in [3.05, 3.63) is 59.7 Å². The minimum Gasteiger partial charge on any atom is -0.491 e. The molecule has 1 N–H and O–H groups in total. The van der Waals surface area contributed by atoms with Crippen molar-refractivity contribution in [2.45, 2.75) is 44.1 Å². The van der Waals surface area contributed by atoms with Gasteiger partial charge in [-0.25, -0.2) is 12.7 Å². The number of benzene rings is 2. The summed E-state index contributed by atoms with van der Waals surface area (Å²) in [5.74, 6) is -0.0447. The van der Waals surface area contributed by atoms with Crippen LogP contribution in [0.1, 0.15) is 42.6 Å². The number of rotatable bonds is 9. The maximum atomic E-state index is 12.5. The number of amides is 2. The van der Waals surface area contributed by atoms with Crippen molar-refractivity contribution in [2.24, 2.45) is 0 Å². The molecule has 0 saturated carbocycles. The number of carbonyl (C=O) groups excluding carboxylic acids is 2. The van der Waals surface area contributed by atoms with Gasteiger partial charge in [-0.2, -0.15) is 0 Å². The van der Waals surface area contributed by atoms with Crippen molar-refractivity contribution in [1.82, 2.24) is 9.62 Å². The van der Waals surface area contributed by atoms with Crippen LogP contribution in [-0.4, -0.2) is 43.7 Å². The molecule has 0 spiro atoms. The van der Waals surface area contributed by atoms with Gasteiger partial charge < -0.3 is 10.1 Å². The fourth-order valence-electron chi connectivity index (χ4n) is 3.31. The fraction of sp³-hybridized carbons (Fsp3) is 0.364. The molecule has 0 fully saturated rings. The zero-order valence-electron chi connectivity index (χ0n) is 17.1. The molecule has 0 atom stereocenters. The average Bonchev–Trinajstić information content (AvgIpc) is 2.89. The number of ether oxygens (including phenoxy) is 1. The van der Waals surface area contributed by atoms with E-state index in [1.54, 1.807) is 12.1 Å². The van der Waals surface area contributed by atoms with Crippen LogP contribution >= 0.6 is 0 Å². The van der Waals surface area contributed by atoms with E-state index in [1.165, 1.54) is 12.1 Å². The fourth-order valence-corrected chi connectivity index (χ4v) is 4.88. The van der Waals surface area contributed by atoms with Gasteiger partial charge in [0.15, 0.2) is 0 Å². The lowest BCUT2D eigenvalue weighted by molar-refractivity contribution is -0.121. The molecule has 0 saturated heterocycles. The standard InChI is InChI=1S/C22H26N2O5S/c1-16(2)29-18-9-5-7-17(15-18)8-6-13-23-21(25)12-14-24-22(26)19-10-3-4-11-20(19)30(24,27)28/h3-5,7,9-11,15-16H,6,8,12-14H2,1-2H3,(H,23,25). The molecule has 2 aromatic carbocycles. The number of nitrogens with one attached hydrogen (secondary N) is 1. The Kier molecular flexibility index (Phi) is 6.77. The molecular formula is C22H26N2O5S. The molecule has 7 nitrogen and oxygen atoms in total. The number of nitrogens with zero attached hydrogens (tertiary/aromatic N) is 1. The summed E-state index contributed by atoms with van der Waals surface area (Å²) in [5.41, 5.74) is 1.27. The molecule has 0 bridgehead atoms. The zero-order chi connectivity index (χ0) is 21.7. The van der Waals surface area contributed by atoms with Crippen LogP contribution in [0.25, 0.3) is 0 Å². The molecule has 3 rings (SSSR count). The normalized spacial score (nSPS) is 14.6. The Labute approximate surface area is 177 Å². The Morgan fingerprint density at radius 3 is 2.63 bits per heavy atom. The van der Waals surface area contributed by atoms with E-state index in [2.05, 4.69) is 5.32 Å². The van der Waals surface area contributed by atoms with Gasteiger partial charge >= 0.3 is 0 Å². The van der Waals surface area contributed by atoms with Crippen LogP contribution in [0.5, 0.6) is 5.75 Å². The summed E-state index contributed by atoms with van der Waals surface area (Å²) in [6, 6.07) is 13.9. The quantitative estimate of drug-likeness (QED) is 0.618. The molecule has 30 heavy (non-hydrogen) atoms. The van der Waals surface area contributed by atoms with E-state index in [0.717, 1.165) is 28.5 Å². The topological polar surface area (TPSA) is 92.8 Å². The lowest BCUT2D eigenvalue weighted by Gasteiger charge is -2.14. The molecule has 0 radical (unpaired) electrons. The molecule has 2 amide bonds. The van der Waals surface area contributed by atoms with Gasteiger partial charge in [0.25, 0.3) is 15.9 Å². The van der Waals surface area contributed by atoms with Gasteiger partial charge in [-0.1, -0.05) is 24.3 Å². The summed E-state index contributed by atoms with van der Waals surface area (Å²) in [6.45, 7) is 4.25. The van der Waals surface area contributed by atoms with E-state index in [-0.39, 0.29) is 35.4 Å². The molecule has 8 heteroatoms. The first-order valence-electron chi connectivity index (χ1n) is 9.97. The van der Waals surface area contributed by atoms with E-state index in [0.29, 0.717) is 6.54 Å². The zero-order valence-corrected chi connectivity index (χ0v) is 17.9. The highest BCUT2D eigenvalue weighted by Crippen LogP contribution is 2.29. The lowest BCUT2D eigenvalue weighted by atomic mass is 10.1.